The van der Waals surface area contributed by atoms with Crippen LogP contribution in [-0.4, -0.2) is 6.04 Å². The number of rotatable bonds is 6. The van der Waals surface area contributed by atoms with Crippen molar-refractivity contribution in [3.05, 3.63) is 54.1 Å². The second-order valence-corrected chi connectivity index (χ2v) is 4.66. The normalized spacial score (nSPS) is 11.9. The van der Waals surface area contributed by atoms with E-state index in [4.69, 9.17) is 0 Å². The molecule has 92 valence electrons. The van der Waals surface area contributed by atoms with E-state index in [0.29, 0.717) is 6.04 Å². The molecule has 0 heterocycles. The molecule has 1 nitrogen and oxygen atoms in total. The maximum absolute atomic E-state index is 4.16. The van der Waals surface area contributed by atoms with Crippen LogP contribution in [0.15, 0.2) is 37.4 Å². The average molecular weight is 229 g/mol. The van der Waals surface area contributed by atoms with Crippen molar-refractivity contribution in [3.8, 4) is 0 Å². The zero-order valence-electron chi connectivity index (χ0n) is 11.2. The molecule has 1 aromatic rings. The monoisotopic (exact) mass is 229 g/mol. The fraction of sp³-hybridized carbons (Fsp3) is 0.375. The molecule has 1 heteroatoms. The van der Waals surface area contributed by atoms with Gasteiger partial charge in [0.25, 0.3) is 0 Å². The van der Waals surface area contributed by atoms with Gasteiger partial charge >= 0.3 is 0 Å². The molecule has 0 amide bonds. The van der Waals surface area contributed by atoms with Crippen LogP contribution in [0.1, 0.15) is 36.5 Å². The number of hydrogen-bond acceptors (Lipinski definition) is 1. The van der Waals surface area contributed by atoms with Crippen LogP contribution in [0.2, 0.25) is 0 Å². The quantitative estimate of drug-likeness (QED) is 0.720. The third-order valence-electron chi connectivity index (χ3n) is 3.01. The predicted octanol–water partition coefficient (Wildman–Crippen LogP) is 4.22. The van der Waals surface area contributed by atoms with Crippen LogP contribution >= 0.6 is 0 Å². The summed E-state index contributed by atoms with van der Waals surface area (Å²) in [7, 11) is 0. The molecule has 0 fully saturated rings. The molecule has 1 aromatic carbocycles. The van der Waals surface area contributed by atoms with Crippen LogP contribution in [0.5, 0.6) is 0 Å². The van der Waals surface area contributed by atoms with Gasteiger partial charge in [0.05, 0.1) is 0 Å². The second kappa shape index (κ2) is 6.29. The molecule has 0 aliphatic heterocycles. The Balaban J connectivity index is 2.73. The van der Waals surface area contributed by atoms with Gasteiger partial charge in [-0.25, -0.2) is 0 Å². The molecule has 1 unspecified atom stereocenters. The SMILES string of the molecule is C=CCCC(C)NC(=C)c1c(C)cccc1C. The molecule has 0 bridgehead atoms. The van der Waals surface area contributed by atoms with E-state index >= 15 is 0 Å². The van der Waals surface area contributed by atoms with Crippen molar-refractivity contribution in [2.24, 2.45) is 0 Å². The number of aryl methyl sites for hydroxylation is 2. The zero-order chi connectivity index (χ0) is 12.8. The average Bonchev–Trinajstić information content (AvgIpc) is 2.26. The van der Waals surface area contributed by atoms with Crippen LogP contribution < -0.4 is 5.32 Å². The summed E-state index contributed by atoms with van der Waals surface area (Å²) in [6, 6.07) is 6.77. The smallest absolute Gasteiger partial charge is 0.0348 e. The molecule has 0 spiro atoms. The molecule has 0 saturated carbocycles. The summed E-state index contributed by atoms with van der Waals surface area (Å²) in [6.45, 7) is 14.3. The van der Waals surface area contributed by atoms with Crippen molar-refractivity contribution < 1.29 is 0 Å². The van der Waals surface area contributed by atoms with E-state index in [1.54, 1.807) is 0 Å². The number of allylic oxidation sites excluding steroid dienone is 1. The fourth-order valence-electron chi connectivity index (χ4n) is 2.10. The van der Waals surface area contributed by atoms with Crippen LogP contribution in [0, 0.1) is 13.8 Å². The highest BCUT2D eigenvalue weighted by molar-refractivity contribution is 5.67. The van der Waals surface area contributed by atoms with E-state index in [-0.39, 0.29) is 0 Å². The lowest BCUT2D eigenvalue weighted by atomic mass is 10.00. The molecular weight excluding hydrogens is 206 g/mol. The van der Waals surface area contributed by atoms with Gasteiger partial charge in [-0.05, 0) is 44.7 Å². The first-order valence-corrected chi connectivity index (χ1v) is 6.19. The summed E-state index contributed by atoms with van der Waals surface area (Å²) < 4.78 is 0. The van der Waals surface area contributed by atoms with E-state index in [2.05, 4.69) is 57.4 Å². The predicted molar refractivity (Wildman–Crippen MR) is 77.0 cm³/mol. The Labute approximate surface area is 105 Å². The van der Waals surface area contributed by atoms with Gasteiger partial charge < -0.3 is 5.32 Å². The van der Waals surface area contributed by atoms with Crippen molar-refractivity contribution in [3.63, 3.8) is 0 Å². The molecule has 0 aliphatic carbocycles. The van der Waals surface area contributed by atoms with Crippen molar-refractivity contribution in [2.75, 3.05) is 0 Å². The van der Waals surface area contributed by atoms with Gasteiger partial charge in [0, 0.05) is 17.3 Å². The lowest BCUT2D eigenvalue weighted by Gasteiger charge is -2.19. The van der Waals surface area contributed by atoms with Crippen LogP contribution in [0.3, 0.4) is 0 Å². The first kappa shape index (κ1) is 13.6. The lowest BCUT2D eigenvalue weighted by Crippen LogP contribution is -2.24. The van der Waals surface area contributed by atoms with Gasteiger partial charge in [-0.3, -0.25) is 0 Å². The molecule has 1 atom stereocenters. The largest absolute Gasteiger partial charge is 0.383 e. The van der Waals surface area contributed by atoms with Gasteiger partial charge in [0.1, 0.15) is 0 Å². The van der Waals surface area contributed by atoms with Crippen LogP contribution in [0.4, 0.5) is 0 Å². The summed E-state index contributed by atoms with van der Waals surface area (Å²) in [5.41, 5.74) is 4.83. The molecular formula is C16H23N. The summed E-state index contributed by atoms with van der Waals surface area (Å²) in [6.07, 6.45) is 4.08. The van der Waals surface area contributed by atoms with Crippen LogP contribution in [-0.2, 0) is 0 Å². The first-order valence-electron chi connectivity index (χ1n) is 6.19. The number of nitrogens with one attached hydrogen (secondary N) is 1. The third-order valence-corrected chi connectivity index (χ3v) is 3.01. The fourth-order valence-corrected chi connectivity index (χ4v) is 2.10. The molecule has 17 heavy (non-hydrogen) atoms. The van der Waals surface area contributed by atoms with Gasteiger partial charge in [-0.2, -0.15) is 0 Å². The Hall–Kier alpha value is -1.50. The molecule has 1 rings (SSSR count). The molecule has 0 saturated heterocycles. The Morgan fingerprint density at radius 2 is 1.94 bits per heavy atom. The summed E-state index contributed by atoms with van der Waals surface area (Å²) >= 11 is 0. The highest BCUT2D eigenvalue weighted by Crippen LogP contribution is 2.20. The number of benzene rings is 1. The highest BCUT2D eigenvalue weighted by Gasteiger charge is 2.08. The van der Waals surface area contributed by atoms with Crippen molar-refractivity contribution >= 4 is 5.70 Å². The van der Waals surface area contributed by atoms with Gasteiger partial charge in [0.15, 0.2) is 0 Å². The summed E-state index contributed by atoms with van der Waals surface area (Å²) in [5.74, 6) is 0. The zero-order valence-corrected chi connectivity index (χ0v) is 11.2. The Morgan fingerprint density at radius 3 is 2.47 bits per heavy atom. The van der Waals surface area contributed by atoms with Crippen molar-refractivity contribution in [1.82, 2.24) is 5.32 Å². The van der Waals surface area contributed by atoms with Gasteiger partial charge in [0.2, 0.25) is 0 Å². The summed E-state index contributed by atoms with van der Waals surface area (Å²) in [5, 5.41) is 3.47. The lowest BCUT2D eigenvalue weighted by molar-refractivity contribution is 0.604. The van der Waals surface area contributed by atoms with Gasteiger partial charge in [-0.15, -0.1) is 6.58 Å². The minimum absolute atomic E-state index is 0.430. The summed E-state index contributed by atoms with van der Waals surface area (Å²) in [4.78, 5) is 0. The standard InChI is InChI=1S/C16H23N/c1-6-7-11-14(4)17-15(5)16-12(2)9-8-10-13(16)3/h6,8-10,14,17H,1,5,7,11H2,2-4H3. The van der Waals surface area contributed by atoms with E-state index < -0.39 is 0 Å². The Bertz CT molecular complexity index is 384. The Morgan fingerprint density at radius 1 is 1.35 bits per heavy atom. The minimum Gasteiger partial charge on any atom is -0.383 e. The maximum Gasteiger partial charge on any atom is 0.0348 e. The first-order chi connectivity index (χ1) is 8.06. The van der Waals surface area contributed by atoms with Crippen molar-refractivity contribution in [1.29, 1.82) is 0 Å². The second-order valence-electron chi connectivity index (χ2n) is 4.66. The van der Waals surface area contributed by atoms with E-state index in [9.17, 15) is 0 Å². The molecule has 0 aromatic heterocycles. The molecule has 0 aliphatic rings. The maximum atomic E-state index is 4.16. The van der Waals surface area contributed by atoms with E-state index in [1.165, 1.54) is 16.7 Å². The van der Waals surface area contributed by atoms with E-state index in [1.807, 2.05) is 6.08 Å². The Kier molecular flexibility index (Phi) is 5.02. The minimum atomic E-state index is 0.430. The topological polar surface area (TPSA) is 12.0 Å². The molecule has 1 N–H and O–H groups in total. The van der Waals surface area contributed by atoms with Gasteiger partial charge in [-0.1, -0.05) is 30.9 Å². The van der Waals surface area contributed by atoms with Crippen LogP contribution in [0.25, 0.3) is 5.70 Å². The number of hydrogen-bond donors (Lipinski definition) is 1. The van der Waals surface area contributed by atoms with Crippen molar-refractivity contribution in [2.45, 2.75) is 39.7 Å². The van der Waals surface area contributed by atoms with E-state index in [0.717, 1.165) is 18.5 Å². The molecule has 0 radical (unpaired) electrons. The highest BCUT2D eigenvalue weighted by atomic mass is 14.9. The third kappa shape index (κ3) is 3.77.